The molecule has 3 rings (SSSR count). The molecule has 0 bridgehead atoms. The highest BCUT2D eigenvalue weighted by Crippen LogP contribution is 2.33. The summed E-state index contributed by atoms with van der Waals surface area (Å²) in [4.78, 5) is 5.47. The van der Waals surface area contributed by atoms with Crippen molar-refractivity contribution in [1.29, 1.82) is 0 Å². The van der Waals surface area contributed by atoms with Crippen LogP contribution in [0.1, 0.15) is 5.69 Å². The summed E-state index contributed by atoms with van der Waals surface area (Å²) in [5, 5.41) is 12.1. The third kappa shape index (κ3) is 2.56. The number of benzene rings is 1. The monoisotopic (exact) mass is 318 g/mol. The average Bonchev–Trinajstić information content (AvgIpc) is 2.93. The van der Waals surface area contributed by atoms with E-state index in [1.165, 1.54) is 10.9 Å². The quantitative estimate of drug-likeness (QED) is 0.800. The minimum atomic E-state index is -0.440. The largest absolute Gasteiger partial charge is 0.325 e. The van der Waals surface area contributed by atoms with Crippen LogP contribution in [0.2, 0.25) is 5.02 Å². The lowest BCUT2D eigenvalue weighted by Gasteiger charge is -2.09. The minimum Gasteiger partial charge on any atom is -0.325 e. The molecule has 2 heterocycles. The van der Waals surface area contributed by atoms with Crippen molar-refractivity contribution in [1.82, 2.24) is 25.2 Å². The zero-order valence-corrected chi connectivity index (χ0v) is 12.4. The van der Waals surface area contributed by atoms with Crippen LogP contribution in [-0.4, -0.2) is 25.2 Å². The first-order valence-corrected chi connectivity index (χ1v) is 6.85. The number of hydrogen-bond donors (Lipinski definition) is 1. The summed E-state index contributed by atoms with van der Waals surface area (Å²) in [7, 11) is 1.62. The summed E-state index contributed by atoms with van der Waals surface area (Å²) < 4.78 is 14.3. The van der Waals surface area contributed by atoms with Gasteiger partial charge in [-0.15, -0.1) is 10.2 Å². The van der Waals surface area contributed by atoms with Crippen molar-refractivity contribution in [2.24, 2.45) is 12.8 Å². The van der Waals surface area contributed by atoms with Crippen molar-refractivity contribution in [2.75, 3.05) is 0 Å². The van der Waals surface area contributed by atoms with Crippen LogP contribution in [0, 0.1) is 5.82 Å². The molecule has 6 nitrogen and oxygen atoms in total. The molecule has 2 aromatic heterocycles. The van der Waals surface area contributed by atoms with E-state index in [9.17, 15) is 4.39 Å². The van der Waals surface area contributed by atoms with E-state index in [0.29, 0.717) is 21.8 Å². The summed E-state index contributed by atoms with van der Waals surface area (Å²) in [5.41, 5.74) is 7.64. The molecular formula is C14H12ClFN6. The SMILES string of the molecule is Cn1nnc(-c2c(F)cccc2-c2cnc(CN)c(Cl)c2)n1. The highest BCUT2D eigenvalue weighted by atomic mass is 35.5. The summed E-state index contributed by atoms with van der Waals surface area (Å²) in [6.07, 6.45) is 1.60. The van der Waals surface area contributed by atoms with Crippen LogP contribution in [0.5, 0.6) is 0 Å². The predicted molar refractivity (Wildman–Crippen MR) is 80.3 cm³/mol. The van der Waals surface area contributed by atoms with Gasteiger partial charge in [0.1, 0.15) is 5.82 Å². The molecule has 8 heteroatoms. The van der Waals surface area contributed by atoms with Crippen molar-refractivity contribution in [3.05, 3.63) is 47.0 Å². The van der Waals surface area contributed by atoms with Gasteiger partial charge in [-0.3, -0.25) is 4.98 Å². The molecule has 0 aliphatic carbocycles. The van der Waals surface area contributed by atoms with Gasteiger partial charge in [0.25, 0.3) is 0 Å². The predicted octanol–water partition coefficient (Wildman–Crippen LogP) is 2.19. The molecule has 0 atom stereocenters. The fourth-order valence-corrected chi connectivity index (χ4v) is 2.38. The Labute approximate surface area is 130 Å². The Bertz CT molecular complexity index is 832. The number of aromatic nitrogens is 5. The van der Waals surface area contributed by atoms with Crippen LogP contribution in [0.4, 0.5) is 4.39 Å². The second-order valence-corrected chi connectivity index (χ2v) is 5.03. The number of halogens is 2. The number of aryl methyl sites for hydroxylation is 1. The Hall–Kier alpha value is -2.38. The lowest BCUT2D eigenvalue weighted by atomic mass is 10.00. The normalized spacial score (nSPS) is 10.9. The van der Waals surface area contributed by atoms with Crippen LogP contribution < -0.4 is 5.73 Å². The van der Waals surface area contributed by atoms with Gasteiger partial charge in [0.2, 0.25) is 5.82 Å². The molecule has 2 N–H and O–H groups in total. The molecular weight excluding hydrogens is 307 g/mol. The second kappa shape index (κ2) is 5.78. The minimum absolute atomic E-state index is 0.203. The third-order valence-corrected chi connectivity index (χ3v) is 3.49. The number of nitrogens with two attached hydrogens (primary N) is 1. The Morgan fingerprint density at radius 1 is 1.36 bits per heavy atom. The highest BCUT2D eigenvalue weighted by molar-refractivity contribution is 6.31. The molecule has 112 valence electrons. The molecule has 0 unspecified atom stereocenters. The van der Waals surface area contributed by atoms with Crippen LogP contribution in [0.15, 0.2) is 30.5 Å². The van der Waals surface area contributed by atoms with E-state index in [1.807, 2.05) is 0 Å². The van der Waals surface area contributed by atoms with Gasteiger partial charge in [-0.1, -0.05) is 23.7 Å². The first-order chi connectivity index (χ1) is 10.6. The highest BCUT2D eigenvalue weighted by Gasteiger charge is 2.17. The fraction of sp³-hybridized carbons (Fsp3) is 0.143. The smallest absolute Gasteiger partial charge is 0.208 e. The van der Waals surface area contributed by atoms with Crippen molar-refractivity contribution in [3.63, 3.8) is 0 Å². The number of nitrogens with zero attached hydrogens (tertiary/aromatic N) is 5. The van der Waals surface area contributed by atoms with E-state index in [-0.39, 0.29) is 17.9 Å². The summed E-state index contributed by atoms with van der Waals surface area (Å²) in [6, 6.07) is 6.41. The van der Waals surface area contributed by atoms with E-state index in [4.69, 9.17) is 17.3 Å². The molecule has 22 heavy (non-hydrogen) atoms. The van der Waals surface area contributed by atoms with E-state index in [2.05, 4.69) is 20.4 Å². The summed E-state index contributed by atoms with van der Waals surface area (Å²) in [5.74, 6) is -0.237. The second-order valence-electron chi connectivity index (χ2n) is 4.62. The Balaban J connectivity index is 2.19. The van der Waals surface area contributed by atoms with Gasteiger partial charge in [-0.05, 0) is 22.9 Å². The van der Waals surface area contributed by atoms with Crippen molar-refractivity contribution >= 4 is 11.6 Å². The molecule has 0 spiro atoms. The maximum absolute atomic E-state index is 14.3. The summed E-state index contributed by atoms with van der Waals surface area (Å²) >= 11 is 6.14. The lowest BCUT2D eigenvalue weighted by molar-refractivity contribution is 0.625. The van der Waals surface area contributed by atoms with Gasteiger partial charge in [-0.25, -0.2) is 4.39 Å². The van der Waals surface area contributed by atoms with E-state index in [0.717, 1.165) is 0 Å². The van der Waals surface area contributed by atoms with Gasteiger partial charge in [0.15, 0.2) is 0 Å². The van der Waals surface area contributed by atoms with E-state index in [1.54, 1.807) is 31.4 Å². The molecule has 0 saturated heterocycles. The molecule has 1 aromatic carbocycles. The fourth-order valence-electron chi connectivity index (χ4n) is 2.14. The van der Waals surface area contributed by atoms with Gasteiger partial charge >= 0.3 is 0 Å². The van der Waals surface area contributed by atoms with Gasteiger partial charge in [0.05, 0.1) is 23.3 Å². The van der Waals surface area contributed by atoms with Gasteiger partial charge in [0, 0.05) is 18.3 Å². The lowest BCUT2D eigenvalue weighted by Crippen LogP contribution is -2.01. The Morgan fingerprint density at radius 3 is 2.82 bits per heavy atom. The molecule has 0 aliphatic heterocycles. The zero-order chi connectivity index (χ0) is 15.7. The average molecular weight is 319 g/mol. The van der Waals surface area contributed by atoms with Crippen molar-refractivity contribution in [2.45, 2.75) is 6.54 Å². The van der Waals surface area contributed by atoms with Crippen LogP contribution >= 0.6 is 11.6 Å². The number of tetrazole rings is 1. The number of rotatable bonds is 3. The molecule has 0 amide bonds. The van der Waals surface area contributed by atoms with E-state index < -0.39 is 5.82 Å². The van der Waals surface area contributed by atoms with Crippen LogP contribution in [-0.2, 0) is 13.6 Å². The van der Waals surface area contributed by atoms with Crippen LogP contribution in [0.3, 0.4) is 0 Å². The number of hydrogen-bond acceptors (Lipinski definition) is 5. The van der Waals surface area contributed by atoms with E-state index >= 15 is 0 Å². The zero-order valence-electron chi connectivity index (χ0n) is 11.7. The van der Waals surface area contributed by atoms with Gasteiger partial charge < -0.3 is 5.73 Å². The molecule has 0 fully saturated rings. The molecule has 3 aromatic rings. The first kappa shape index (κ1) is 14.6. The Morgan fingerprint density at radius 2 is 2.18 bits per heavy atom. The van der Waals surface area contributed by atoms with Gasteiger partial charge in [-0.2, -0.15) is 4.80 Å². The molecule has 0 saturated carbocycles. The van der Waals surface area contributed by atoms with Crippen LogP contribution in [0.25, 0.3) is 22.5 Å². The topological polar surface area (TPSA) is 82.5 Å². The first-order valence-electron chi connectivity index (χ1n) is 6.48. The molecule has 0 radical (unpaired) electrons. The van der Waals surface area contributed by atoms with Crippen molar-refractivity contribution < 1.29 is 4.39 Å². The maximum atomic E-state index is 14.3. The Kier molecular flexibility index (Phi) is 3.82. The molecule has 0 aliphatic rings. The third-order valence-electron chi connectivity index (χ3n) is 3.17. The summed E-state index contributed by atoms with van der Waals surface area (Å²) in [6.45, 7) is 0.237. The standard InChI is InChI=1S/C14H12ClFN6/c1-22-20-14(19-21-22)13-9(3-2-4-11(13)16)8-5-10(15)12(6-17)18-7-8/h2-5,7H,6,17H2,1H3. The van der Waals surface area contributed by atoms with Crippen molar-refractivity contribution in [3.8, 4) is 22.5 Å². The number of pyridine rings is 1. The maximum Gasteiger partial charge on any atom is 0.208 e.